The lowest BCUT2D eigenvalue weighted by atomic mass is 10.0. The van der Waals surface area contributed by atoms with Crippen molar-refractivity contribution in [2.45, 2.75) is 70.3 Å². The molecule has 0 rings (SSSR count). The van der Waals surface area contributed by atoms with Crippen molar-refractivity contribution in [1.82, 2.24) is 16.0 Å². The summed E-state index contributed by atoms with van der Waals surface area (Å²) in [7, 11) is 0. The molecule has 0 bridgehead atoms. The van der Waals surface area contributed by atoms with Gasteiger partial charge in [0.25, 0.3) is 0 Å². The van der Waals surface area contributed by atoms with E-state index in [1.54, 1.807) is 13.8 Å². The van der Waals surface area contributed by atoms with Crippen LogP contribution in [0.3, 0.4) is 0 Å². The topological polar surface area (TPSA) is 257 Å². The van der Waals surface area contributed by atoms with Crippen LogP contribution in [0, 0.1) is 5.92 Å². The summed E-state index contributed by atoms with van der Waals surface area (Å²) in [6.07, 6.45) is -2.30. The first-order valence-corrected chi connectivity index (χ1v) is 9.81. The molecule has 0 aliphatic rings. The highest BCUT2D eigenvalue weighted by molar-refractivity contribution is 5.96. The highest BCUT2D eigenvalue weighted by Crippen LogP contribution is 2.06. The van der Waals surface area contributed by atoms with Gasteiger partial charge in [0.15, 0.2) is 6.04 Å². The van der Waals surface area contributed by atoms with Crippen molar-refractivity contribution in [1.29, 1.82) is 0 Å². The van der Waals surface area contributed by atoms with Crippen molar-refractivity contribution in [2.24, 2.45) is 23.1 Å². The van der Waals surface area contributed by atoms with E-state index in [1.807, 2.05) is 0 Å². The molecular weight excluding hydrogens is 428 g/mol. The SMILES string of the molecule is CC(C)C(NC(=O)C(CC(N)=O)NC(=O)C(N)CCC(N)=O)C(=O)NC(C(=O)O)C(C)O. The summed E-state index contributed by atoms with van der Waals surface area (Å²) in [4.78, 5) is 70.8. The Hall–Kier alpha value is -3.26. The molecule has 182 valence electrons. The van der Waals surface area contributed by atoms with E-state index in [-0.39, 0.29) is 12.8 Å². The Morgan fingerprint density at radius 2 is 1.34 bits per heavy atom. The zero-order chi connectivity index (χ0) is 25.2. The van der Waals surface area contributed by atoms with Gasteiger partial charge in [0.05, 0.1) is 18.6 Å². The van der Waals surface area contributed by atoms with Crippen LogP contribution < -0.4 is 33.2 Å². The molecule has 0 saturated heterocycles. The molecule has 0 aliphatic carbocycles. The van der Waals surface area contributed by atoms with Gasteiger partial charge in [0, 0.05) is 6.42 Å². The number of hydrogen-bond acceptors (Lipinski definition) is 8. The average Bonchev–Trinajstić information content (AvgIpc) is 2.65. The predicted molar refractivity (Wildman–Crippen MR) is 110 cm³/mol. The lowest BCUT2D eigenvalue weighted by molar-refractivity contribution is -0.145. The van der Waals surface area contributed by atoms with E-state index in [0.29, 0.717) is 0 Å². The van der Waals surface area contributed by atoms with Crippen LogP contribution in [0.2, 0.25) is 0 Å². The van der Waals surface area contributed by atoms with Crippen LogP contribution in [0.4, 0.5) is 0 Å². The summed E-state index contributed by atoms with van der Waals surface area (Å²) in [6, 6.07) is -5.57. The molecule has 0 spiro atoms. The van der Waals surface area contributed by atoms with Crippen LogP contribution in [0.5, 0.6) is 0 Å². The van der Waals surface area contributed by atoms with E-state index in [1.165, 1.54) is 6.92 Å². The number of carboxylic acid groups (broad SMARTS) is 1. The first-order chi connectivity index (χ1) is 14.7. The molecule has 5 atom stereocenters. The molecule has 14 nitrogen and oxygen atoms in total. The van der Waals surface area contributed by atoms with Crippen molar-refractivity contribution < 1.29 is 39.0 Å². The number of rotatable bonds is 14. The highest BCUT2D eigenvalue weighted by Gasteiger charge is 2.33. The summed E-state index contributed by atoms with van der Waals surface area (Å²) in [5, 5.41) is 25.3. The number of carbonyl (C=O) groups is 6. The van der Waals surface area contributed by atoms with E-state index >= 15 is 0 Å². The maximum absolute atomic E-state index is 12.7. The van der Waals surface area contributed by atoms with Crippen molar-refractivity contribution in [3.05, 3.63) is 0 Å². The Morgan fingerprint density at radius 3 is 1.75 bits per heavy atom. The second kappa shape index (κ2) is 13.2. The van der Waals surface area contributed by atoms with E-state index in [9.17, 15) is 33.9 Å². The van der Waals surface area contributed by atoms with Gasteiger partial charge in [0.1, 0.15) is 12.1 Å². The van der Waals surface area contributed by atoms with Crippen LogP contribution in [-0.2, 0) is 28.8 Å². The summed E-state index contributed by atoms with van der Waals surface area (Å²) >= 11 is 0. The number of aliphatic hydroxyl groups is 1. The zero-order valence-electron chi connectivity index (χ0n) is 18.2. The Morgan fingerprint density at radius 1 is 0.812 bits per heavy atom. The minimum atomic E-state index is -1.62. The number of carbonyl (C=O) groups excluding carboxylic acids is 5. The van der Waals surface area contributed by atoms with Gasteiger partial charge >= 0.3 is 5.97 Å². The number of primary amides is 2. The molecule has 5 unspecified atom stereocenters. The number of hydrogen-bond donors (Lipinski definition) is 8. The number of aliphatic carboxylic acids is 1. The summed E-state index contributed by atoms with van der Waals surface area (Å²) in [6.45, 7) is 4.29. The van der Waals surface area contributed by atoms with Crippen LogP contribution in [0.25, 0.3) is 0 Å². The quantitative estimate of drug-likeness (QED) is 0.125. The standard InChI is InChI=1S/C18H32N6O8/c1-7(2)13(17(30)24-14(8(3)25)18(31)32)23-16(29)10(6-12(21)27)22-15(28)9(19)4-5-11(20)26/h7-10,13-14,25H,4-6,19H2,1-3H3,(H2,20,26)(H2,21,27)(H,22,28)(H,23,29)(H,24,30)(H,31,32). The van der Waals surface area contributed by atoms with E-state index in [2.05, 4.69) is 16.0 Å². The van der Waals surface area contributed by atoms with Crippen LogP contribution in [0.1, 0.15) is 40.0 Å². The maximum atomic E-state index is 12.7. The number of amides is 5. The number of carboxylic acids is 1. The number of aliphatic hydroxyl groups excluding tert-OH is 1. The Kier molecular flexibility index (Phi) is 11.9. The minimum Gasteiger partial charge on any atom is -0.480 e. The first kappa shape index (κ1) is 28.7. The molecule has 0 heterocycles. The lowest BCUT2D eigenvalue weighted by Crippen LogP contribution is -2.60. The molecule has 11 N–H and O–H groups in total. The largest absolute Gasteiger partial charge is 0.480 e. The van der Waals surface area contributed by atoms with Crippen molar-refractivity contribution in [3.8, 4) is 0 Å². The fourth-order valence-corrected chi connectivity index (χ4v) is 2.54. The highest BCUT2D eigenvalue weighted by atomic mass is 16.4. The van der Waals surface area contributed by atoms with Gasteiger partial charge in [-0.15, -0.1) is 0 Å². The molecule has 14 heteroatoms. The third-order valence-electron chi connectivity index (χ3n) is 4.37. The van der Waals surface area contributed by atoms with Crippen molar-refractivity contribution in [2.75, 3.05) is 0 Å². The molecule has 0 fully saturated rings. The second-order valence-corrected chi connectivity index (χ2v) is 7.64. The number of nitrogens with two attached hydrogens (primary N) is 3. The monoisotopic (exact) mass is 460 g/mol. The van der Waals surface area contributed by atoms with Gasteiger partial charge in [-0.1, -0.05) is 13.8 Å². The van der Waals surface area contributed by atoms with Crippen molar-refractivity contribution >= 4 is 35.5 Å². The van der Waals surface area contributed by atoms with Crippen LogP contribution in [0.15, 0.2) is 0 Å². The molecule has 32 heavy (non-hydrogen) atoms. The minimum absolute atomic E-state index is 0.0982. The maximum Gasteiger partial charge on any atom is 0.328 e. The molecular formula is C18H32N6O8. The van der Waals surface area contributed by atoms with Gasteiger partial charge < -0.3 is 43.4 Å². The first-order valence-electron chi connectivity index (χ1n) is 9.81. The lowest BCUT2D eigenvalue weighted by Gasteiger charge is -2.27. The normalized spacial score (nSPS) is 15.6. The summed E-state index contributed by atoms with van der Waals surface area (Å²) < 4.78 is 0. The average molecular weight is 460 g/mol. The van der Waals surface area contributed by atoms with E-state index in [4.69, 9.17) is 22.3 Å². The van der Waals surface area contributed by atoms with E-state index in [0.717, 1.165) is 0 Å². The Labute approximate surface area is 184 Å². The third-order valence-corrected chi connectivity index (χ3v) is 4.37. The Balaban J connectivity index is 5.41. The van der Waals surface area contributed by atoms with Gasteiger partial charge in [-0.2, -0.15) is 0 Å². The molecule has 0 aromatic heterocycles. The summed E-state index contributed by atoms with van der Waals surface area (Å²) in [5.74, 6) is -6.32. The molecule has 0 saturated carbocycles. The van der Waals surface area contributed by atoms with Crippen LogP contribution >= 0.6 is 0 Å². The molecule has 0 radical (unpaired) electrons. The molecule has 0 aromatic rings. The zero-order valence-corrected chi connectivity index (χ0v) is 18.2. The number of nitrogens with one attached hydrogen (secondary N) is 3. The van der Waals surface area contributed by atoms with Gasteiger partial charge in [-0.05, 0) is 19.3 Å². The fourth-order valence-electron chi connectivity index (χ4n) is 2.54. The smallest absolute Gasteiger partial charge is 0.328 e. The van der Waals surface area contributed by atoms with E-state index < -0.39 is 78.1 Å². The molecule has 0 aliphatic heterocycles. The Bertz CT molecular complexity index is 726. The molecule has 5 amide bonds. The predicted octanol–water partition coefficient (Wildman–Crippen LogP) is -3.97. The third kappa shape index (κ3) is 10.2. The van der Waals surface area contributed by atoms with Gasteiger partial charge in [0.2, 0.25) is 29.5 Å². The summed E-state index contributed by atoms with van der Waals surface area (Å²) in [5.41, 5.74) is 15.8. The fraction of sp³-hybridized carbons (Fsp3) is 0.667. The van der Waals surface area contributed by atoms with Crippen LogP contribution in [-0.4, -0.2) is 76.0 Å². The van der Waals surface area contributed by atoms with Gasteiger partial charge in [-0.25, -0.2) is 4.79 Å². The van der Waals surface area contributed by atoms with Crippen molar-refractivity contribution in [3.63, 3.8) is 0 Å². The van der Waals surface area contributed by atoms with Gasteiger partial charge in [-0.3, -0.25) is 24.0 Å². The second-order valence-electron chi connectivity index (χ2n) is 7.64. The molecule has 0 aromatic carbocycles.